The van der Waals surface area contributed by atoms with Crippen molar-refractivity contribution in [2.45, 2.75) is 44.5 Å². The first-order valence-electron chi connectivity index (χ1n) is 5.92. The first kappa shape index (κ1) is 12.0. The molecule has 2 atom stereocenters. The fourth-order valence-corrected chi connectivity index (χ4v) is 3.77. The van der Waals surface area contributed by atoms with Gasteiger partial charge in [-0.05, 0) is 42.7 Å². The Labute approximate surface area is 102 Å². The molecule has 1 saturated heterocycles. The highest BCUT2D eigenvalue weighted by molar-refractivity contribution is 8.00. The summed E-state index contributed by atoms with van der Waals surface area (Å²) in [7, 11) is 0. The smallest absolute Gasteiger partial charge is 0.0811 e. The summed E-state index contributed by atoms with van der Waals surface area (Å²) in [5.41, 5.74) is 3.44. The molecule has 0 spiro atoms. The van der Waals surface area contributed by atoms with E-state index in [1.54, 1.807) is 0 Å². The number of hydrogen-bond acceptors (Lipinski definition) is 2. The van der Waals surface area contributed by atoms with Gasteiger partial charge in [0.1, 0.15) is 0 Å². The summed E-state index contributed by atoms with van der Waals surface area (Å²) in [5.74, 6) is 1.09. The Balaban J connectivity index is 2.27. The van der Waals surface area contributed by atoms with Gasteiger partial charge in [0.2, 0.25) is 0 Å². The van der Waals surface area contributed by atoms with Crippen LogP contribution in [0.25, 0.3) is 0 Å². The van der Waals surface area contributed by atoms with Crippen LogP contribution in [-0.4, -0.2) is 21.7 Å². The van der Waals surface area contributed by atoms with E-state index in [1.165, 1.54) is 16.7 Å². The molecule has 0 aromatic heterocycles. The summed E-state index contributed by atoms with van der Waals surface area (Å²) >= 11 is 1.89. The van der Waals surface area contributed by atoms with E-state index in [0.29, 0.717) is 5.25 Å². The largest absolute Gasteiger partial charge is 0.388 e. The lowest BCUT2D eigenvalue weighted by Crippen LogP contribution is -2.37. The van der Waals surface area contributed by atoms with E-state index in [-0.39, 0.29) is 0 Å². The molecule has 0 saturated carbocycles. The average Bonchev–Trinajstić information content (AvgIpc) is 2.54. The maximum atomic E-state index is 10.6. The number of rotatable bonds is 2. The highest BCUT2D eigenvalue weighted by atomic mass is 32.2. The first-order chi connectivity index (χ1) is 7.53. The van der Waals surface area contributed by atoms with Crippen LogP contribution in [-0.2, 0) is 6.42 Å². The Hall–Kier alpha value is -0.470. The molecular weight excluding hydrogens is 216 g/mol. The molecule has 2 heteroatoms. The quantitative estimate of drug-likeness (QED) is 0.851. The van der Waals surface area contributed by atoms with E-state index in [1.807, 2.05) is 11.8 Å². The van der Waals surface area contributed by atoms with Crippen molar-refractivity contribution in [3.63, 3.8) is 0 Å². The molecule has 0 bridgehead atoms. The lowest BCUT2D eigenvalue weighted by Gasteiger charge is -2.28. The van der Waals surface area contributed by atoms with Crippen molar-refractivity contribution in [1.82, 2.24) is 0 Å². The highest BCUT2D eigenvalue weighted by Crippen LogP contribution is 2.38. The van der Waals surface area contributed by atoms with E-state index in [0.717, 1.165) is 18.6 Å². The van der Waals surface area contributed by atoms with Gasteiger partial charge in [-0.3, -0.25) is 0 Å². The van der Waals surface area contributed by atoms with Gasteiger partial charge in [0.15, 0.2) is 0 Å². The second kappa shape index (κ2) is 4.42. The van der Waals surface area contributed by atoms with Gasteiger partial charge < -0.3 is 5.11 Å². The van der Waals surface area contributed by atoms with Gasteiger partial charge in [-0.1, -0.05) is 25.1 Å². The van der Waals surface area contributed by atoms with Gasteiger partial charge in [-0.2, -0.15) is 11.8 Å². The van der Waals surface area contributed by atoms with Crippen LogP contribution in [0.5, 0.6) is 0 Å². The Morgan fingerprint density at radius 1 is 1.38 bits per heavy atom. The van der Waals surface area contributed by atoms with Gasteiger partial charge >= 0.3 is 0 Å². The van der Waals surface area contributed by atoms with Crippen molar-refractivity contribution in [3.05, 3.63) is 34.9 Å². The van der Waals surface area contributed by atoms with Crippen molar-refractivity contribution in [2.75, 3.05) is 5.75 Å². The minimum absolute atomic E-state index is 0.353. The topological polar surface area (TPSA) is 20.2 Å². The van der Waals surface area contributed by atoms with Crippen LogP contribution in [0.1, 0.15) is 30.0 Å². The molecule has 1 fully saturated rings. The van der Waals surface area contributed by atoms with Crippen LogP contribution in [0.2, 0.25) is 0 Å². The van der Waals surface area contributed by atoms with E-state index >= 15 is 0 Å². The molecular formula is C14H20OS. The zero-order valence-electron chi connectivity index (χ0n) is 10.3. The average molecular weight is 236 g/mol. The molecule has 1 aromatic carbocycles. The molecule has 0 radical (unpaired) electrons. The van der Waals surface area contributed by atoms with Crippen molar-refractivity contribution in [1.29, 1.82) is 0 Å². The van der Waals surface area contributed by atoms with Crippen molar-refractivity contribution < 1.29 is 5.11 Å². The van der Waals surface area contributed by atoms with Gasteiger partial charge in [0, 0.05) is 11.7 Å². The molecule has 0 amide bonds. The number of aliphatic hydroxyl groups is 1. The minimum atomic E-state index is -0.498. The van der Waals surface area contributed by atoms with Crippen LogP contribution in [0.15, 0.2) is 18.2 Å². The second-order valence-corrected chi connectivity index (χ2v) is 6.36. The Bertz CT molecular complexity index is 368. The summed E-state index contributed by atoms with van der Waals surface area (Å²) in [5, 5.41) is 11.0. The van der Waals surface area contributed by atoms with Gasteiger partial charge in [-0.25, -0.2) is 0 Å². The molecule has 2 unspecified atom stereocenters. The maximum absolute atomic E-state index is 10.6. The predicted octanol–water partition coefficient (Wildman–Crippen LogP) is 3.10. The minimum Gasteiger partial charge on any atom is -0.388 e. The second-order valence-electron chi connectivity index (χ2n) is 4.91. The Morgan fingerprint density at radius 3 is 2.50 bits per heavy atom. The zero-order chi connectivity index (χ0) is 11.8. The van der Waals surface area contributed by atoms with E-state index in [4.69, 9.17) is 0 Å². The van der Waals surface area contributed by atoms with Crippen LogP contribution in [0.3, 0.4) is 0 Å². The maximum Gasteiger partial charge on any atom is 0.0811 e. The molecule has 88 valence electrons. The summed E-state index contributed by atoms with van der Waals surface area (Å²) < 4.78 is 0. The first-order valence-corrected chi connectivity index (χ1v) is 6.97. The SMILES string of the molecule is Cc1cccc(C)c1CC1(O)CCSC1C. The monoisotopic (exact) mass is 236 g/mol. The molecule has 2 rings (SSSR count). The summed E-state index contributed by atoms with van der Waals surface area (Å²) in [6.45, 7) is 6.42. The van der Waals surface area contributed by atoms with Gasteiger partial charge in [-0.15, -0.1) is 0 Å². The third-order valence-corrected chi connectivity index (χ3v) is 5.17. The van der Waals surface area contributed by atoms with Crippen LogP contribution in [0.4, 0.5) is 0 Å². The molecule has 1 heterocycles. The van der Waals surface area contributed by atoms with Crippen molar-refractivity contribution in [3.8, 4) is 0 Å². The van der Waals surface area contributed by atoms with Crippen LogP contribution in [0, 0.1) is 13.8 Å². The molecule has 0 aliphatic carbocycles. The van der Waals surface area contributed by atoms with Crippen molar-refractivity contribution in [2.24, 2.45) is 0 Å². The lowest BCUT2D eigenvalue weighted by atomic mass is 9.86. The number of aryl methyl sites for hydroxylation is 2. The number of hydrogen-bond donors (Lipinski definition) is 1. The molecule has 1 aliphatic heterocycles. The van der Waals surface area contributed by atoms with E-state index < -0.39 is 5.60 Å². The van der Waals surface area contributed by atoms with E-state index in [2.05, 4.69) is 39.0 Å². The van der Waals surface area contributed by atoms with Crippen LogP contribution < -0.4 is 0 Å². The molecule has 1 aliphatic rings. The summed E-state index contributed by atoms with van der Waals surface area (Å²) in [4.78, 5) is 0. The molecule has 1 N–H and O–H groups in total. The highest BCUT2D eigenvalue weighted by Gasteiger charge is 2.39. The molecule has 1 nitrogen and oxygen atoms in total. The normalized spacial score (nSPS) is 29.6. The predicted molar refractivity (Wildman–Crippen MR) is 71.1 cm³/mol. The number of thioether (sulfide) groups is 1. The standard InChI is InChI=1S/C14H20OS/c1-10-5-4-6-11(2)13(10)9-14(15)7-8-16-12(14)3/h4-6,12,15H,7-9H2,1-3H3. The lowest BCUT2D eigenvalue weighted by molar-refractivity contribution is 0.0461. The van der Waals surface area contributed by atoms with Crippen molar-refractivity contribution >= 4 is 11.8 Å². The Morgan fingerprint density at radius 2 is 2.00 bits per heavy atom. The van der Waals surface area contributed by atoms with Gasteiger partial charge in [0.25, 0.3) is 0 Å². The third-order valence-electron chi connectivity index (χ3n) is 3.79. The van der Waals surface area contributed by atoms with Gasteiger partial charge in [0.05, 0.1) is 5.60 Å². The summed E-state index contributed by atoms with van der Waals surface area (Å²) in [6.07, 6.45) is 1.73. The fraction of sp³-hybridized carbons (Fsp3) is 0.571. The summed E-state index contributed by atoms with van der Waals surface area (Å²) in [6, 6.07) is 6.36. The Kier molecular flexibility index (Phi) is 3.32. The van der Waals surface area contributed by atoms with E-state index in [9.17, 15) is 5.11 Å². The zero-order valence-corrected chi connectivity index (χ0v) is 11.1. The third kappa shape index (κ3) is 2.14. The molecule has 16 heavy (non-hydrogen) atoms. The fourth-order valence-electron chi connectivity index (χ4n) is 2.44. The number of benzene rings is 1. The molecule has 1 aromatic rings. The van der Waals surface area contributed by atoms with Crippen LogP contribution >= 0.6 is 11.8 Å².